The number of nitrogens with one attached hydrogen (secondary N) is 3. The second kappa shape index (κ2) is 8.99. The Morgan fingerprint density at radius 2 is 2.07 bits per heavy atom. The lowest BCUT2D eigenvalue weighted by molar-refractivity contribution is -0.130. The first kappa shape index (κ1) is 21.6. The highest BCUT2D eigenvalue weighted by Crippen LogP contribution is 2.21. The quantitative estimate of drug-likeness (QED) is 0.286. The second-order valence-corrected chi connectivity index (χ2v) is 6.96. The summed E-state index contributed by atoms with van der Waals surface area (Å²) < 4.78 is 26.9. The van der Waals surface area contributed by atoms with Crippen molar-refractivity contribution in [2.75, 3.05) is 20.1 Å². The fraction of sp³-hybridized carbons (Fsp3) is 0.526. The first-order valence-electron chi connectivity index (χ1n) is 9.28. The first-order chi connectivity index (χ1) is 13.2. The van der Waals surface area contributed by atoms with Crippen LogP contribution in [0.2, 0.25) is 0 Å². The van der Waals surface area contributed by atoms with Crippen molar-refractivity contribution < 1.29 is 18.4 Å². The van der Waals surface area contributed by atoms with E-state index in [4.69, 9.17) is 0 Å². The van der Waals surface area contributed by atoms with Gasteiger partial charge in [0.25, 0.3) is 5.91 Å². The number of halogens is 2. The van der Waals surface area contributed by atoms with Crippen molar-refractivity contribution in [3.05, 3.63) is 35.4 Å². The van der Waals surface area contributed by atoms with E-state index in [0.717, 1.165) is 6.07 Å². The summed E-state index contributed by atoms with van der Waals surface area (Å²) >= 11 is 0. The monoisotopic (exact) mass is 395 g/mol. The van der Waals surface area contributed by atoms with Gasteiger partial charge >= 0.3 is 6.03 Å². The number of guanidine groups is 1. The van der Waals surface area contributed by atoms with Gasteiger partial charge in [0.1, 0.15) is 17.2 Å². The van der Waals surface area contributed by atoms with Gasteiger partial charge in [-0.05, 0) is 32.8 Å². The van der Waals surface area contributed by atoms with Crippen LogP contribution in [-0.2, 0) is 4.79 Å². The third kappa shape index (κ3) is 4.76. The Morgan fingerprint density at radius 1 is 1.36 bits per heavy atom. The van der Waals surface area contributed by atoms with Gasteiger partial charge in [-0.2, -0.15) is 0 Å². The average Bonchev–Trinajstić information content (AvgIpc) is 2.87. The third-order valence-corrected chi connectivity index (χ3v) is 4.91. The van der Waals surface area contributed by atoms with Crippen molar-refractivity contribution in [3.8, 4) is 0 Å². The van der Waals surface area contributed by atoms with Crippen molar-refractivity contribution >= 4 is 17.9 Å². The second-order valence-electron chi connectivity index (χ2n) is 6.96. The van der Waals surface area contributed by atoms with Crippen LogP contribution in [0.3, 0.4) is 0 Å². The van der Waals surface area contributed by atoms with E-state index in [1.54, 1.807) is 20.9 Å². The molecule has 2 atom stereocenters. The molecule has 1 aromatic carbocycles. The molecule has 3 N–H and O–H groups in total. The summed E-state index contributed by atoms with van der Waals surface area (Å²) in [6.45, 7) is 6.05. The highest BCUT2D eigenvalue weighted by Gasteiger charge is 2.45. The van der Waals surface area contributed by atoms with Crippen LogP contribution in [-0.4, -0.2) is 48.5 Å². The molecule has 3 amide bonds. The van der Waals surface area contributed by atoms with Crippen LogP contribution < -0.4 is 16.0 Å². The number of urea groups is 1. The van der Waals surface area contributed by atoms with Gasteiger partial charge in [0.05, 0.1) is 6.04 Å². The molecule has 9 heteroatoms. The fourth-order valence-electron chi connectivity index (χ4n) is 2.96. The van der Waals surface area contributed by atoms with E-state index >= 15 is 0 Å². The standard InChI is InChI=1S/C19H27F2N5O2/c1-5-19(3)16(27)26(18(28)25-19)10-6-9-23-17(22-4)24-12(2)14-8-7-13(20)11-15(14)21/h7-8,11-12H,5-6,9-10H2,1-4H3,(H,25,28)(H2,22,23,24). The lowest BCUT2D eigenvalue weighted by atomic mass is 9.99. The number of rotatable bonds is 7. The summed E-state index contributed by atoms with van der Waals surface area (Å²) in [5.74, 6) is -1.04. The Balaban J connectivity index is 1.83. The molecule has 1 saturated heterocycles. The fourth-order valence-corrected chi connectivity index (χ4v) is 2.96. The Hall–Kier alpha value is -2.71. The minimum absolute atomic E-state index is 0.220. The summed E-state index contributed by atoms with van der Waals surface area (Å²) in [5.41, 5.74) is -0.515. The normalized spacial score (nSPS) is 20.9. The minimum atomic E-state index is -0.837. The molecule has 0 bridgehead atoms. The molecule has 0 aromatic heterocycles. The first-order valence-corrected chi connectivity index (χ1v) is 9.28. The van der Waals surface area contributed by atoms with E-state index in [1.165, 1.54) is 17.0 Å². The van der Waals surface area contributed by atoms with Gasteiger partial charge in [-0.15, -0.1) is 0 Å². The summed E-state index contributed by atoms with van der Waals surface area (Å²) in [6.07, 6.45) is 1.06. The number of carbonyl (C=O) groups excluding carboxylic acids is 2. The van der Waals surface area contributed by atoms with E-state index in [0.29, 0.717) is 30.9 Å². The maximum absolute atomic E-state index is 13.9. The average molecular weight is 395 g/mol. The molecule has 0 spiro atoms. The van der Waals surface area contributed by atoms with Gasteiger partial charge in [0.2, 0.25) is 0 Å². The molecular weight excluding hydrogens is 368 g/mol. The number of carbonyl (C=O) groups is 2. The summed E-state index contributed by atoms with van der Waals surface area (Å²) in [7, 11) is 1.58. The SMILES string of the molecule is CCC1(C)NC(=O)N(CCCNC(=NC)NC(C)c2ccc(F)cc2F)C1=O. The molecule has 1 aromatic rings. The van der Waals surface area contributed by atoms with Gasteiger partial charge in [-0.25, -0.2) is 13.6 Å². The van der Waals surface area contributed by atoms with E-state index in [1.807, 2.05) is 6.92 Å². The number of amides is 3. The van der Waals surface area contributed by atoms with Crippen LogP contribution in [0.25, 0.3) is 0 Å². The Labute approximate surface area is 163 Å². The molecule has 1 heterocycles. The molecule has 1 fully saturated rings. The highest BCUT2D eigenvalue weighted by molar-refractivity contribution is 6.06. The molecule has 0 saturated carbocycles. The molecule has 154 valence electrons. The van der Waals surface area contributed by atoms with Crippen molar-refractivity contribution in [3.63, 3.8) is 0 Å². The smallest absolute Gasteiger partial charge is 0.325 e. The molecule has 0 radical (unpaired) electrons. The highest BCUT2D eigenvalue weighted by atomic mass is 19.1. The maximum atomic E-state index is 13.9. The minimum Gasteiger partial charge on any atom is -0.356 e. The predicted molar refractivity (Wildman–Crippen MR) is 103 cm³/mol. The zero-order valence-electron chi connectivity index (χ0n) is 16.6. The molecule has 0 aliphatic carbocycles. The van der Waals surface area contributed by atoms with Gasteiger partial charge in [-0.3, -0.25) is 14.7 Å². The van der Waals surface area contributed by atoms with Gasteiger partial charge in [0.15, 0.2) is 5.96 Å². The zero-order valence-corrected chi connectivity index (χ0v) is 16.6. The number of aliphatic imine (C=N–C) groups is 1. The number of benzene rings is 1. The largest absolute Gasteiger partial charge is 0.356 e. The number of hydrogen-bond acceptors (Lipinski definition) is 3. The summed E-state index contributed by atoms with van der Waals surface area (Å²) in [5, 5.41) is 8.80. The molecule has 2 rings (SSSR count). The van der Waals surface area contributed by atoms with Crippen LogP contribution >= 0.6 is 0 Å². The van der Waals surface area contributed by atoms with E-state index in [-0.39, 0.29) is 18.5 Å². The van der Waals surface area contributed by atoms with Crippen LogP contribution in [0.15, 0.2) is 23.2 Å². The van der Waals surface area contributed by atoms with Crippen LogP contribution in [0, 0.1) is 11.6 Å². The number of hydrogen-bond donors (Lipinski definition) is 3. The van der Waals surface area contributed by atoms with Crippen molar-refractivity contribution in [1.29, 1.82) is 0 Å². The van der Waals surface area contributed by atoms with Gasteiger partial charge in [0, 0.05) is 31.8 Å². The zero-order chi connectivity index (χ0) is 20.9. The predicted octanol–water partition coefficient (Wildman–Crippen LogP) is 2.30. The number of imide groups is 1. The Morgan fingerprint density at radius 3 is 2.64 bits per heavy atom. The lowest BCUT2D eigenvalue weighted by Crippen LogP contribution is -2.43. The van der Waals surface area contributed by atoms with Crippen LogP contribution in [0.5, 0.6) is 0 Å². The topological polar surface area (TPSA) is 85.8 Å². The summed E-state index contributed by atoms with van der Waals surface area (Å²) in [4.78, 5) is 29.6. The maximum Gasteiger partial charge on any atom is 0.325 e. The van der Waals surface area contributed by atoms with E-state index in [9.17, 15) is 18.4 Å². The van der Waals surface area contributed by atoms with E-state index < -0.39 is 23.2 Å². The molecule has 1 aliphatic rings. The van der Waals surface area contributed by atoms with Gasteiger partial charge in [-0.1, -0.05) is 13.0 Å². The summed E-state index contributed by atoms with van der Waals surface area (Å²) in [6, 6.07) is 2.62. The Bertz CT molecular complexity index is 771. The van der Waals surface area contributed by atoms with Crippen molar-refractivity contribution in [1.82, 2.24) is 20.9 Å². The number of nitrogens with zero attached hydrogens (tertiary/aromatic N) is 2. The van der Waals surface area contributed by atoms with Crippen molar-refractivity contribution in [2.24, 2.45) is 4.99 Å². The Kier molecular flexibility index (Phi) is 6.93. The van der Waals surface area contributed by atoms with E-state index in [2.05, 4.69) is 20.9 Å². The molecule has 2 unspecified atom stereocenters. The third-order valence-electron chi connectivity index (χ3n) is 4.91. The molecular formula is C19H27F2N5O2. The van der Waals surface area contributed by atoms with Crippen LogP contribution in [0.1, 0.15) is 45.2 Å². The lowest BCUT2D eigenvalue weighted by Gasteiger charge is -2.20. The molecule has 28 heavy (non-hydrogen) atoms. The molecule has 1 aliphatic heterocycles. The van der Waals surface area contributed by atoms with Crippen molar-refractivity contribution in [2.45, 2.75) is 45.2 Å². The van der Waals surface area contributed by atoms with Gasteiger partial charge < -0.3 is 16.0 Å². The molecule has 7 nitrogen and oxygen atoms in total. The van der Waals surface area contributed by atoms with Crippen LogP contribution in [0.4, 0.5) is 13.6 Å².